The summed E-state index contributed by atoms with van der Waals surface area (Å²) in [5.74, 6) is -0.449. The maximum atomic E-state index is 11.3. The summed E-state index contributed by atoms with van der Waals surface area (Å²) in [5.41, 5.74) is 3.88. The summed E-state index contributed by atoms with van der Waals surface area (Å²) in [4.78, 5) is 11.3. The standard InChI is InChI=1S/C11H15NO2.2C8H10/c1-9(8-13)11(14)12-7-10-5-3-2-4-6-10;2*1-2-8-6-4-3-5-7-8/h2-6,9,13H,7-8H2,1H3,(H,12,14);2*3-7H,2H2,1H3. The van der Waals surface area contributed by atoms with Crippen molar-refractivity contribution in [3.63, 3.8) is 0 Å². The first-order valence-electron chi connectivity index (χ1n) is 10.6. The molecule has 3 heteroatoms. The fourth-order valence-corrected chi connectivity index (χ4v) is 2.47. The Bertz CT molecular complexity index is 749. The molecule has 0 aliphatic carbocycles. The largest absolute Gasteiger partial charge is 0.396 e. The molecule has 0 aliphatic heterocycles. The van der Waals surface area contributed by atoms with Crippen LogP contribution < -0.4 is 5.32 Å². The molecule has 160 valence electrons. The summed E-state index contributed by atoms with van der Waals surface area (Å²) < 4.78 is 0. The van der Waals surface area contributed by atoms with E-state index in [4.69, 9.17) is 5.11 Å². The maximum absolute atomic E-state index is 11.3. The lowest BCUT2D eigenvalue weighted by molar-refractivity contribution is -0.125. The zero-order valence-electron chi connectivity index (χ0n) is 18.4. The van der Waals surface area contributed by atoms with E-state index < -0.39 is 0 Å². The highest BCUT2D eigenvalue weighted by Crippen LogP contribution is 1.99. The number of nitrogens with one attached hydrogen (secondary N) is 1. The SMILES string of the molecule is CC(CO)C(=O)NCc1ccccc1.CCc1ccccc1.CCc1ccccc1. The molecule has 0 bridgehead atoms. The third kappa shape index (κ3) is 11.2. The average molecular weight is 406 g/mol. The zero-order valence-corrected chi connectivity index (χ0v) is 18.4. The molecule has 3 rings (SSSR count). The summed E-state index contributed by atoms with van der Waals surface area (Å²) in [6.07, 6.45) is 2.28. The zero-order chi connectivity index (χ0) is 22.0. The van der Waals surface area contributed by atoms with Gasteiger partial charge in [0.2, 0.25) is 5.91 Å². The van der Waals surface area contributed by atoms with Gasteiger partial charge in [0.1, 0.15) is 0 Å². The van der Waals surface area contributed by atoms with Crippen molar-refractivity contribution in [2.45, 2.75) is 40.2 Å². The monoisotopic (exact) mass is 405 g/mol. The topological polar surface area (TPSA) is 49.3 Å². The molecular weight excluding hydrogens is 370 g/mol. The van der Waals surface area contributed by atoms with E-state index in [-0.39, 0.29) is 18.4 Å². The van der Waals surface area contributed by atoms with Gasteiger partial charge in [-0.15, -0.1) is 0 Å². The molecular formula is C27H35NO2. The summed E-state index contributed by atoms with van der Waals surface area (Å²) in [6.45, 7) is 6.43. The molecule has 3 aromatic rings. The van der Waals surface area contributed by atoms with Gasteiger partial charge in [-0.2, -0.15) is 0 Å². The van der Waals surface area contributed by atoms with Gasteiger partial charge in [0.05, 0.1) is 12.5 Å². The highest BCUT2D eigenvalue weighted by molar-refractivity contribution is 5.78. The number of hydrogen-bond donors (Lipinski definition) is 2. The number of benzene rings is 3. The Balaban J connectivity index is 0.000000240. The first kappa shape index (κ1) is 25.1. The molecule has 1 amide bonds. The van der Waals surface area contributed by atoms with Crippen molar-refractivity contribution in [1.82, 2.24) is 5.32 Å². The molecule has 0 saturated heterocycles. The molecule has 0 aromatic heterocycles. The Morgan fingerprint density at radius 2 is 1.10 bits per heavy atom. The average Bonchev–Trinajstić information content (AvgIpc) is 2.84. The molecule has 0 saturated carbocycles. The number of carbonyl (C=O) groups is 1. The van der Waals surface area contributed by atoms with Crippen LogP contribution in [-0.2, 0) is 24.2 Å². The van der Waals surface area contributed by atoms with E-state index in [1.165, 1.54) is 11.1 Å². The number of rotatable bonds is 6. The number of aliphatic hydroxyl groups excluding tert-OH is 1. The number of hydrogen-bond acceptors (Lipinski definition) is 2. The van der Waals surface area contributed by atoms with Crippen molar-refractivity contribution in [1.29, 1.82) is 0 Å². The highest BCUT2D eigenvalue weighted by atomic mass is 16.3. The number of aliphatic hydroxyl groups is 1. The number of carbonyl (C=O) groups excluding carboxylic acids is 1. The Morgan fingerprint density at radius 1 is 0.733 bits per heavy atom. The van der Waals surface area contributed by atoms with Crippen LogP contribution in [0.2, 0.25) is 0 Å². The van der Waals surface area contributed by atoms with E-state index in [2.05, 4.69) is 67.7 Å². The van der Waals surface area contributed by atoms with Gasteiger partial charge in [0.25, 0.3) is 0 Å². The van der Waals surface area contributed by atoms with E-state index in [9.17, 15) is 4.79 Å². The first-order valence-corrected chi connectivity index (χ1v) is 10.6. The number of amides is 1. The van der Waals surface area contributed by atoms with Crippen molar-refractivity contribution in [2.24, 2.45) is 5.92 Å². The fraction of sp³-hybridized carbons (Fsp3) is 0.296. The van der Waals surface area contributed by atoms with Gasteiger partial charge in [-0.05, 0) is 29.5 Å². The van der Waals surface area contributed by atoms with Crippen LogP contribution >= 0.6 is 0 Å². The van der Waals surface area contributed by atoms with Crippen LogP contribution in [0.1, 0.15) is 37.5 Å². The summed E-state index contributed by atoms with van der Waals surface area (Å²) in [7, 11) is 0. The Labute approximate surface area is 181 Å². The van der Waals surface area contributed by atoms with Crippen LogP contribution in [0.5, 0.6) is 0 Å². The molecule has 30 heavy (non-hydrogen) atoms. The van der Waals surface area contributed by atoms with Crippen molar-refractivity contribution < 1.29 is 9.90 Å². The van der Waals surface area contributed by atoms with E-state index in [0.717, 1.165) is 18.4 Å². The Hall–Kier alpha value is -2.91. The summed E-state index contributed by atoms with van der Waals surface area (Å²) in [5, 5.41) is 11.5. The van der Waals surface area contributed by atoms with Gasteiger partial charge in [0, 0.05) is 6.54 Å². The van der Waals surface area contributed by atoms with Gasteiger partial charge in [-0.25, -0.2) is 0 Å². The van der Waals surface area contributed by atoms with Crippen LogP contribution in [0.15, 0.2) is 91.0 Å². The minimum Gasteiger partial charge on any atom is -0.396 e. The minimum absolute atomic E-state index is 0.110. The maximum Gasteiger partial charge on any atom is 0.225 e. The van der Waals surface area contributed by atoms with E-state index in [0.29, 0.717) is 6.54 Å². The van der Waals surface area contributed by atoms with Gasteiger partial charge in [-0.1, -0.05) is 112 Å². The Morgan fingerprint density at radius 3 is 1.40 bits per heavy atom. The second kappa shape index (κ2) is 15.9. The number of aryl methyl sites for hydroxylation is 2. The third-order valence-electron chi connectivity index (χ3n) is 4.53. The molecule has 3 nitrogen and oxygen atoms in total. The Kier molecular flexibility index (Phi) is 13.4. The second-order valence-electron chi connectivity index (χ2n) is 6.97. The molecule has 0 aliphatic rings. The predicted molar refractivity (Wildman–Crippen MR) is 126 cm³/mol. The molecule has 0 spiro atoms. The molecule has 0 heterocycles. The fourth-order valence-electron chi connectivity index (χ4n) is 2.47. The van der Waals surface area contributed by atoms with Crippen molar-refractivity contribution in [2.75, 3.05) is 6.61 Å². The normalized spacial score (nSPS) is 10.5. The van der Waals surface area contributed by atoms with Gasteiger partial charge in [0.15, 0.2) is 0 Å². The lowest BCUT2D eigenvalue weighted by Gasteiger charge is -2.09. The van der Waals surface area contributed by atoms with Crippen molar-refractivity contribution in [3.8, 4) is 0 Å². The molecule has 0 radical (unpaired) electrons. The van der Waals surface area contributed by atoms with Crippen LogP contribution in [0, 0.1) is 5.92 Å². The lowest BCUT2D eigenvalue weighted by atomic mass is 10.1. The van der Waals surface area contributed by atoms with Gasteiger partial charge < -0.3 is 10.4 Å². The third-order valence-corrected chi connectivity index (χ3v) is 4.53. The van der Waals surface area contributed by atoms with Crippen LogP contribution in [-0.4, -0.2) is 17.6 Å². The summed E-state index contributed by atoms with van der Waals surface area (Å²) in [6, 6.07) is 30.6. The summed E-state index contributed by atoms with van der Waals surface area (Å²) >= 11 is 0. The quantitative estimate of drug-likeness (QED) is 0.574. The lowest BCUT2D eigenvalue weighted by Crippen LogP contribution is -2.30. The van der Waals surface area contributed by atoms with Crippen molar-refractivity contribution >= 4 is 5.91 Å². The molecule has 1 unspecified atom stereocenters. The first-order chi connectivity index (χ1) is 14.6. The molecule has 1 atom stereocenters. The predicted octanol–water partition coefficient (Wildman–Crippen LogP) is 5.43. The van der Waals surface area contributed by atoms with Gasteiger partial charge >= 0.3 is 0 Å². The molecule has 0 fully saturated rings. The molecule has 3 aromatic carbocycles. The smallest absolute Gasteiger partial charge is 0.225 e. The minimum atomic E-state index is -0.335. The van der Waals surface area contributed by atoms with Crippen LogP contribution in [0.3, 0.4) is 0 Å². The van der Waals surface area contributed by atoms with Crippen LogP contribution in [0.4, 0.5) is 0 Å². The van der Waals surface area contributed by atoms with E-state index in [1.807, 2.05) is 42.5 Å². The highest BCUT2D eigenvalue weighted by Gasteiger charge is 2.09. The van der Waals surface area contributed by atoms with Crippen molar-refractivity contribution in [3.05, 3.63) is 108 Å². The van der Waals surface area contributed by atoms with Gasteiger partial charge in [-0.3, -0.25) is 4.79 Å². The van der Waals surface area contributed by atoms with E-state index in [1.54, 1.807) is 6.92 Å². The second-order valence-corrected chi connectivity index (χ2v) is 6.97. The van der Waals surface area contributed by atoms with Crippen LogP contribution in [0.25, 0.3) is 0 Å². The molecule has 2 N–H and O–H groups in total. The van der Waals surface area contributed by atoms with E-state index >= 15 is 0 Å².